The lowest BCUT2D eigenvalue weighted by Crippen LogP contribution is -2.32. The van der Waals surface area contributed by atoms with Crippen LogP contribution in [0.1, 0.15) is 52.9 Å². The molecule has 0 N–H and O–H groups in total. The second-order valence-electron chi connectivity index (χ2n) is 4.18. The quantitative estimate of drug-likeness (QED) is 0.461. The molecule has 4 heteroatoms. The molecule has 0 aliphatic heterocycles. The highest BCUT2D eigenvalue weighted by Gasteiger charge is 2.10. The maximum absolute atomic E-state index is 11.4. The van der Waals surface area contributed by atoms with Crippen molar-refractivity contribution in [3.8, 4) is 0 Å². The summed E-state index contributed by atoms with van der Waals surface area (Å²) >= 11 is 0. The molecule has 0 unspecified atom stereocenters. The van der Waals surface area contributed by atoms with Crippen molar-refractivity contribution in [3.05, 3.63) is 0 Å². The van der Waals surface area contributed by atoms with E-state index >= 15 is 0 Å². The Balaban J connectivity index is 3.79. The minimum atomic E-state index is -0.207. The van der Waals surface area contributed by atoms with Crippen LogP contribution < -0.4 is 0 Å². The summed E-state index contributed by atoms with van der Waals surface area (Å²) in [4.78, 5) is 24.4. The smallest absolute Gasteiger partial charge is 0.307 e. The van der Waals surface area contributed by atoms with Gasteiger partial charge in [0.15, 0.2) is 0 Å². The summed E-state index contributed by atoms with van der Waals surface area (Å²) in [7, 11) is 0. The van der Waals surface area contributed by atoms with Crippen molar-refractivity contribution in [1.82, 2.24) is 4.90 Å². The number of amides is 1. The Morgan fingerprint density at radius 1 is 1.06 bits per heavy atom. The molecule has 0 bridgehead atoms. The minimum Gasteiger partial charge on any atom is -0.466 e. The molecule has 0 aromatic rings. The van der Waals surface area contributed by atoms with Crippen molar-refractivity contribution in [2.45, 2.75) is 52.9 Å². The van der Waals surface area contributed by atoms with E-state index in [4.69, 9.17) is 4.74 Å². The molecule has 0 aromatic carbocycles. The molecule has 0 saturated heterocycles. The van der Waals surface area contributed by atoms with Crippen LogP contribution in [0.25, 0.3) is 0 Å². The van der Waals surface area contributed by atoms with Crippen molar-refractivity contribution >= 4 is 11.9 Å². The molecule has 0 rings (SSSR count). The Bertz CT molecular complexity index is 229. The van der Waals surface area contributed by atoms with E-state index in [1.807, 2.05) is 0 Å². The highest BCUT2D eigenvalue weighted by molar-refractivity contribution is 5.74. The first-order valence-corrected chi connectivity index (χ1v) is 6.52. The average molecular weight is 243 g/mol. The Morgan fingerprint density at radius 2 is 1.71 bits per heavy atom. The van der Waals surface area contributed by atoms with Crippen LogP contribution in [0.15, 0.2) is 0 Å². The van der Waals surface area contributed by atoms with Gasteiger partial charge in [0.1, 0.15) is 0 Å². The van der Waals surface area contributed by atoms with Crippen molar-refractivity contribution in [3.63, 3.8) is 0 Å². The first kappa shape index (κ1) is 15.9. The molecule has 100 valence electrons. The maximum atomic E-state index is 11.4. The van der Waals surface area contributed by atoms with Gasteiger partial charge in [0, 0.05) is 20.0 Å². The number of unbranched alkanes of at least 4 members (excludes halogenated alkanes) is 2. The van der Waals surface area contributed by atoms with Gasteiger partial charge in [-0.05, 0) is 12.8 Å². The summed E-state index contributed by atoms with van der Waals surface area (Å²) in [6.07, 6.45) is 4.24. The summed E-state index contributed by atoms with van der Waals surface area (Å²) < 4.78 is 5.04. The standard InChI is InChI=1S/C13H25NO3/c1-4-6-9-14(12(3)15)10-8-13(16)17-11-7-5-2/h4-11H2,1-3H3. The zero-order valence-electron chi connectivity index (χ0n) is 11.3. The summed E-state index contributed by atoms with van der Waals surface area (Å²) in [5.41, 5.74) is 0. The predicted molar refractivity (Wildman–Crippen MR) is 67.6 cm³/mol. The fourth-order valence-corrected chi connectivity index (χ4v) is 1.40. The molecular formula is C13H25NO3. The predicted octanol–water partition coefficient (Wildman–Crippen LogP) is 2.37. The maximum Gasteiger partial charge on any atom is 0.307 e. The van der Waals surface area contributed by atoms with Crippen molar-refractivity contribution in [1.29, 1.82) is 0 Å². The highest BCUT2D eigenvalue weighted by Crippen LogP contribution is 1.99. The number of hydrogen-bond acceptors (Lipinski definition) is 3. The van der Waals surface area contributed by atoms with Gasteiger partial charge in [0.2, 0.25) is 5.91 Å². The molecule has 0 fully saturated rings. The zero-order chi connectivity index (χ0) is 13.1. The lowest BCUT2D eigenvalue weighted by Gasteiger charge is -2.20. The fourth-order valence-electron chi connectivity index (χ4n) is 1.40. The van der Waals surface area contributed by atoms with Gasteiger partial charge >= 0.3 is 5.97 Å². The molecule has 1 amide bonds. The summed E-state index contributed by atoms with van der Waals surface area (Å²) in [6, 6.07) is 0. The largest absolute Gasteiger partial charge is 0.466 e. The molecular weight excluding hydrogens is 218 g/mol. The number of hydrogen-bond donors (Lipinski definition) is 0. The Morgan fingerprint density at radius 3 is 2.24 bits per heavy atom. The molecule has 0 spiro atoms. The van der Waals surface area contributed by atoms with Gasteiger partial charge < -0.3 is 9.64 Å². The van der Waals surface area contributed by atoms with Crippen LogP contribution in [0.3, 0.4) is 0 Å². The van der Waals surface area contributed by atoms with E-state index in [1.54, 1.807) is 4.90 Å². The normalized spacial score (nSPS) is 10.1. The second-order valence-corrected chi connectivity index (χ2v) is 4.18. The van der Waals surface area contributed by atoms with Crippen molar-refractivity contribution in [2.75, 3.05) is 19.7 Å². The van der Waals surface area contributed by atoms with E-state index in [1.165, 1.54) is 6.92 Å². The zero-order valence-corrected chi connectivity index (χ0v) is 11.3. The molecule has 0 saturated carbocycles. The average Bonchev–Trinajstić information content (AvgIpc) is 2.29. The van der Waals surface area contributed by atoms with Gasteiger partial charge in [0.05, 0.1) is 13.0 Å². The third kappa shape index (κ3) is 8.72. The lowest BCUT2D eigenvalue weighted by atomic mass is 10.3. The van der Waals surface area contributed by atoms with E-state index in [2.05, 4.69) is 13.8 Å². The van der Waals surface area contributed by atoms with Crippen molar-refractivity contribution in [2.24, 2.45) is 0 Å². The Hall–Kier alpha value is -1.06. The van der Waals surface area contributed by atoms with E-state index in [-0.39, 0.29) is 11.9 Å². The summed E-state index contributed by atoms with van der Waals surface area (Å²) in [5, 5.41) is 0. The third-order valence-corrected chi connectivity index (χ3v) is 2.57. The Kier molecular flexibility index (Phi) is 9.49. The van der Waals surface area contributed by atoms with Crippen LogP contribution >= 0.6 is 0 Å². The topological polar surface area (TPSA) is 46.6 Å². The number of ether oxygens (including phenoxy) is 1. The van der Waals surface area contributed by atoms with Crippen LogP contribution in [-0.2, 0) is 14.3 Å². The monoisotopic (exact) mass is 243 g/mol. The van der Waals surface area contributed by atoms with Gasteiger partial charge in [-0.3, -0.25) is 9.59 Å². The molecule has 0 heterocycles. The molecule has 0 aliphatic rings. The number of carbonyl (C=O) groups excluding carboxylic acids is 2. The van der Waals surface area contributed by atoms with Gasteiger partial charge in [-0.1, -0.05) is 26.7 Å². The van der Waals surface area contributed by atoms with Crippen LogP contribution in [-0.4, -0.2) is 36.5 Å². The number of esters is 1. The van der Waals surface area contributed by atoms with Crippen LogP contribution in [0.4, 0.5) is 0 Å². The number of rotatable bonds is 9. The van der Waals surface area contributed by atoms with E-state index in [9.17, 15) is 9.59 Å². The van der Waals surface area contributed by atoms with E-state index in [0.717, 1.165) is 32.2 Å². The fraction of sp³-hybridized carbons (Fsp3) is 0.846. The summed E-state index contributed by atoms with van der Waals surface area (Å²) in [6.45, 7) is 7.37. The molecule has 4 nitrogen and oxygen atoms in total. The second kappa shape index (κ2) is 10.1. The van der Waals surface area contributed by atoms with Gasteiger partial charge in [-0.15, -0.1) is 0 Å². The van der Waals surface area contributed by atoms with Gasteiger partial charge in [-0.25, -0.2) is 0 Å². The Labute approximate surface area is 104 Å². The third-order valence-electron chi connectivity index (χ3n) is 2.57. The first-order chi connectivity index (χ1) is 8.11. The SMILES string of the molecule is CCCCOC(=O)CCN(CCCC)C(C)=O. The molecule has 0 radical (unpaired) electrons. The molecule has 0 aliphatic carbocycles. The summed E-state index contributed by atoms with van der Waals surface area (Å²) in [5.74, 6) is -0.180. The number of nitrogens with zero attached hydrogens (tertiary/aromatic N) is 1. The van der Waals surface area contributed by atoms with E-state index < -0.39 is 0 Å². The minimum absolute atomic E-state index is 0.0276. The van der Waals surface area contributed by atoms with E-state index in [0.29, 0.717) is 19.6 Å². The van der Waals surface area contributed by atoms with Crippen LogP contribution in [0.5, 0.6) is 0 Å². The lowest BCUT2D eigenvalue weighted by molar-refractivity contribution is -0.144. The van der Waals surface area contributed by atoms with Crippen LogP contribution in [0, 0.1) is 0 Å². The molecule has 17 heavy (non-hydrogen) atoms. The first-order valence-electron chi connectivity index (χ1n) is 6.52. The number of carbonyl (C=O) groups is 2. The molecule has 0 atom stereocenters. The van der Waals surface area contributed by atoms with Gasteiger partial charge in [0.25, 0.3) is 0 Å². The molecule has 0 aromatic heterocycles. The van der Waals surface area contributed by atoms with Crippen LogP contribution in [0.2, 0.25) is 0 Å². The van der Waals surface area contributed by atoms with Gasteiger partial charge in [-0.2, -0.15) is 0 Å². The highest BCUT2D eigenvalue weighted by atomic mass is 16.5. The van der Waals surface area contributed by atoms with Crippen molar-refractivity contribution < 1.29 is 14.3 Å².